The van der Waals surface area contributed by atoms with Crippen LogP contribution < -0.4 is 10.9 Å². The first kappa shape index (κ1) is 13.1. The molecule has 0 spiro atoms. The number of aromatic nitrogens is 1. The zero-order valence-electron chi connectivity index (χ0n) is 11.0. The van der Waals surface area contributed by atoms with Gasteiger partial charge < -0.3 is 14.6 Å². The summed E-state index contributed by atoms with van der Waals surface area (Å²) in [6.07, 6.45) is 7.27. The van der Waals surface area contributed by atoms with Crippen LogP contribution >= 0.6 is 0 Å². The lowest BCUT2D eigenvalue weighted by Gasteiger charge is -2.13. The molecule has 0 aliphatic heterocycles. The molecule has 0 atom stereocenters. The van der Waals surface area contributed by atoms with Gasteiger partial charge in [0.25, 0.3) is 5.56 Å². The highest BCUT2D eigenvalue weighted by atomic mass is 16.5. The summed E-state index contributed by atoms with van der Waals surface area (Å²) in [5, 5.41) is 3.43. The Morgan fingerprint density at radius 1 is 1.39 bits per heavy atom. The number of nitrogens with one attached hydrogen (secondary N) is 1. The van der Waals surface area contributed by atoms with Crippen molar-refractivity contribution in [2.45, 2.75) is 32.2 Å². The molecule has 4 nitrogen and oxygen atoms in total. The Morgan fingerprint density at radius 3 is 2.89 bits per heavy atom. The van der Waals surface area contributed by atoms with E-state index < -0.39 is 0 Å². The summed E-state index contributed by atoms with van der Waals surface area (Å²) in [7, 11) is 1.65. The van der Waals surface area contributed by atoms with Crippen LogP contribution in [0.5, 0.6) is 0 Å². The van der Waals surface area contributed by atoms with Gasteiger partial charge in [-0.15, -0.1) is 0 Å². The Labute approximate surface area is 108 Å². The van der Waals surface area contributed by atoms with Crippen molar-refractivity contribution in [1.29, 1.82) is 0 Å². The molecule has 1 N–H and O–H groups in total. The molecular formula is C14H22N2O2. The van der Waals surface area contributed by atoms with Gasteiger partial charge in [0.15, 0.2) is 0 Å². The molecule has 1 fully saturated rings. The number of hydrogen-bond acceptors (Lipinski definition) is 3. The zero-order chi connectivity index (χ0) is 12.8. The van der Waals surface area contributed by atoms with Crippen LogP contribution in [0.3, 0.4) is 0 Å². The van der Waals surface area contributed by atoms with Crippen LogP contribution in [0, 0.1) is 5.92 Å². The maximum Gasteiger partial charge on any atom is 0.250 e. The minimum atomic E-state index is 0.0264. The Balaban J connectivity index is 1.93. The first-order valence-electron chi connectivity index (χ1n) is 6.73. The third-order valence-electron chi connectivity index (χ3n) is 3.59. The van der Waals surface area contributed by atoms with Crippen LogP contribution in [-0.2, 0) is 11.3 Å². The van der Waals surface area contributed by atoms with Gasteiger partial charge in [0.2, 0.25) is 0 Å². The van der Waals surface area contributed by atoms with Crippen molar-refractivity contribution in [3.05, 3.63) is 28.7 Å². The number of nitrogens with zero attached hydrogens (tertiary/aromatic N) is 1. The average molecular weight is 250 g/mol. The van der Waals surface area contributed by atoms with E-state index >= 15 is 0 Å². The van der Waals surface area contributed by atoms with Crippen LogP contribution in [0.4, 0.5) is 5.69 Å². The molecule has 1 heterocycles. The summed E-state index contributed by atoms with van der Waals surface area (Å²) in [5.41, 5.74) is 1.05. The second kappa shape index (κ2) is 6.59. The molecule has 1 aliphatic carbocycles. The molecule has 100 valence electrons. The fourth-order valence-electron chi connectivity index (χ4n) is 2.48. The highest BCUT2D eigenvalue weighted by Gasteiger charge is 2.14. The van der Waals surface area contributed by atoms with Crippen molar-refractivity contribution in [1.82, 2.24) is 4.57 Å². The molecule has 1 aromatic rings. The highest BCUT2D eigenvalue weighted by molar-refractivity contribution is 5.40. The molecule has 0 radical (unpaired) electrons. The van der Waals surface area contributed by atoms with E-state index in [1.54, 1.807) is 17.7 Å². The van der Waals surface area contributed by atoms with Crippen LogP contribution in [0.2, 0.25) is 0 Å². The van der Waals surface area contributed by atoms with E-state index in [2.05, 4.69) is 5.32 Å². The Morgan fingerprint density at radius 2 is 2.17 bits per heavy atom. The van der Waals surface area contributed by atoms with Crippen molar-refractivity contribution in [2.75, 3.05) is 25.6 Å². The Kier molecular flexibility index (Phi) is 4.81. The van der Waals surface area contributed by atoms with Gasteiger partial charge in [-0.05, 0) is 24.8 Å². The molecule has 2 rings (SSSR count). The van der Waals surface area contributed by atoms with E-state index in [0.29, 0.717) is 13.2 Å². The van der Waals surface area contributed by atoms with Crippen LogP contribution in [0.25, 0.3) is 0 Å². The normalized spacial score (nSPS) is 16.1. The van der Waals surface area contributed by atoms with E-state index in [0.717, 1.165) is 18.2 Å². The fraction of sp³-hybridized carbons (Fsp3) is 0.643. The summed E-state index contributed by atoms with van der Waals surface area (Å²) in [4.78, 5) is 11.6. The number of pyridine rings is 1. The predicted octanol–water partition coefficient (Wildman–Crippen LogP) is 2.10. The predicted molar refractivity (Wildman–Crippen MR) is 73.0 cm³/mol. The molecule has 1 aromatic heterocycles. The zero-order valence-corrected chi connectivity index (χ0v) is 11.0. The van der Waals surface area contributed by atoms with Gasteiger partial charge in [0, 0.05) is 32.5 Å². The monoisotopic (exact) mass is 250 g/mol. The minimum Gasteiger partial charge on any atom is -0.384 e. The van der Waals surface area contributed by atoms with E-state index in [9.17, 15) is 4.79 Å². The van der Waals surface area contributed by atoms with Crippen molar-refractivity contribution in [3.63, 3.8) is 0 Å². The molecule has 1 saturated carbocycles. The molecule has 18 heavy (non-hydrogen) atoms. The maximum atomic E-state index is 11.6. The van der Waals surface area contributed by atoms with Crippen molar-refractivity contribution < 1.29 is 4.74 Å². The van der Waals surface area contributed by atoms with Gasteiger partial charge in [-0.3, -0.25) is 4.79 Å². The van der Waals surface area contributed by atoms with E-state index in [1.165, 1.54) is 25.7 Å². The number of anilines is 1. The molecule has 0 bridgehead atoms. The molecule has 0 amide bonds. The Hall–Kier alpha value is -1.29. The number of ether oxygens (including phenoxy) is 1. The molecule has 0 unspecified atom stereocenters. The largest absolute Gasteiger partial charge is 0.384 e. The van der Waals surface area contributed by atoms with Crippen molar-refractivity contribution in [3.8, 4) is 0 Å². The summed E-state index contributed by atoms with van der Waals surface area (Å²) in [5.74, 6) is 0.796. The van der Waals surface area contributed by atoms with Gasteiger partial charge in [-0.1, -0.05) is 12.8 Å². The summed E-state index contributed by atoms with van der Waals surface area (Å²) in [6.45, 7) is 2.18. The van der Waals surface area contributed by atoms with E-state index in [-0.39, 0.29) is 5.56 Å². The van der Waals surface area contributed by atoms with Crippen molar-refractivity contribution in [2.24, 2.45) is 5.92 Å². The van der Waals surface area contributed by atoms with E-state index in [4.69, 9.17) is 4.74 Å². The summed E-state index contributed by atoms with van der Waals surface area (Å²) < 4.78 is 6.70. The fourth-order valence-corrected chi connectivity index (χ4v) is 2.48. The molecule has 1 aliphatic rings. The lowest BCUT2D eigenvalue weighted by Crippen LogP contribution is -2.22. The van der Waals surface area contributed by atoms with Gasteiger partial charge >= 0.3 is 0 Å². The second-order valence-corrected chi connectivity index (χ2v) is 4.97. The first-order chi connectivity index (χ1) is 8.79. The molecule has 0 saturated heterocycles. The number of rotatable bonds is 6. The highest BCUT2D eigenvalue weighted by Crippen LogP contribution is 2.24. The maximum absolute atomic E-state index is 11.6. The molecule has 0 aromatic carbocycles. The van der Waals surface area contributed by atoms with Crippen LogP contribution in [0.1, 0.15) is 25.7 Å². The topological polar surface area (TPSA) is 43.3 Å². The quantitative estimate of drug-likeness (QED) is 0.840. The van der Waals surface area contributed by atoms with Crippen LogP contribution in [0.15, 0.2) is 23.1 Å². The first-order valence-corrected chi connectivity index (χ1v) is 6.73. The minimum absolute atomic E-state index is 0.0264. The summed E-state index contributed by atoms with van der Waals surface area (Å²) >= 11 is 0. The SMILES string of the molecule is COCCn1cc(NCC2CCCC2)ccc1=O. The van der Waals surface area contributed by atoms with Crippen LogP contribution in [-0.4, -0.2) is 24.8 Å². The molecular weight excluding hydrogens is 228 g/mol. The lowest BCUT2D eigenvalue weighted by atomic mass is 10.1. The van der Waals surface area contributed by atoms with Gasteiger partial charge in [0.05, 0.1) is 12.3 Å². The van der Waals surface area contributed by atoms with Gasteiger partial charge in [0.1, 0.15) is 0 Å². The standard InChI is InChI=1S/C14H22N2O2/c1-18-9-8-16-11-13(6-7-14(16)17)15-10-12-4-2-3-5-12/h6-7,11-12,15H,2-5,8-10H2,1H3. The number of hydrogen-bond donors (Lipinski definition) is 1. The van der Waals surface area contributed by atoms with Gasteiger partial charge in [-0.2, -0.15) is 0 Å². The average Bonchev–Trinajstić information content (AvgIpc) is 2.89. The molecule has 4 heteroatoms. The smallest absolute Gasteiger partial charge is 0.250 e. The van der Waals surface area contributed by atoms with Gasteiger partial charge in [-0.25, -0.2) is 0 Å². The Bertz CT molecular complexity index is 422. The lowest BCUT2D eigenvalue weighted by molar-refractivity contribution is 0.186. The summed E-state index contributed by atoms with van der Waals surface area (Å²) in [6, 6.07) is 3.48. The third kappa shape index (κ3) is 3.60. The third-order valence-corrected chi connectivity index (χ3v) is 3.59. The second-order valence-electron chi connectivity index (χ2n) is 4.97. The van der Waals surface area contributed by atoms with Crippen molar-refractivity contribution >= 4 is 5.69 Å². The number of methoxy groups -OCH3 is 1. The van der Waals surface area contributed by atoms with E-state index in [1.807, 2.05) is 12.3 Å².